The van der Waals surface area contributed by atoms with Gasteiger partial charge in [-0.15, -0.1) is 0 Å². The van der Waals surface area contributed by atoms with Crippen molar-refractivity contribution in [3.8, 4) is 0 Å². The molecule has 0 aliphatic heterocycles. The summed E-state index contributed by atoms with van der Waals surface area (Å²) in [5, 5.41) is 0. The summed E-state index contributed by atoms with van der Waals surface area (Å²) in [4.78, 5) is 34.8. The number of hydrogen-bond donors (Lipinski definition) is 1. The maximum Gasteiger partial charge on any atom is 0.472 e. The number of carbonyl (C=O) groups excluding carboxylic acids is 2. The van der Waals surface area contributed by atoms with Crippen LogP contribution in [0.3, 0.4) is 0 Å². The lowest BCUT2D eigenvalue weighted by Gasteiger charge is -2.19. The Balaban J connectivity index is 4.04. The fourth-order valence-corrected chi connectivity index (χ4v) is 6.99. The molecule has 0 heterocycles. The van der Waals surface area contributed by atoms with Gasteiger partial charge in [0.15, 0.2) is 6.10 Å². The highest BCUT2D eigenvalue weighted by Crippen LogP contribution is 2.43. The van der Waals surface area contributed by atoms with Gasteiger partial charge in [0.25, 0.3) is 0 Å². The van der Waals surface area contributed by atoms with E-state index in [4.69, 9.17) is 18.5 Å². The molecule has 0 aromatic carbocycles. The molecule has 1 N–H and O–H groups in total. The Kier molecular flexibility index (Phi) is 39.6. The Hall–Kier alpha value is -1.73. The molecular formula is C45H83O8P. The first-order chi connectivity index (χ1) is 26.3. The first-order valence-electron chi connectivity index (χ1n) is 22.3. The smallest absolute Gasteiger partial charge is 0.462 e. The van der Waals surface area contributed by atoms with Crippen molar-refractivity contribution in [2.75, 3.05) is 19.8 Å². The zero-order valence-corrected chi connectivity index (χ0v) is 36.0. The molecule has 0 amide bonds. The maximum atomic E-state index is 12.5. The molecule has 9 heteroatoms. The minimum atomic E-state index is -4.28. The Labute approximate surface area is 332 Å². The molecule has 0 spiro atoms. The van der Waals surface area contributed by atoms with Gasteiger partial charge in [0, 0.05) is 12.8 Å². The van der Waals surface area contributed by atoms with Crippen molar-refractivity contribution >= 4 is 19.8 Å². The van der Waals surface area contributed by atoms with Gasteiger partial charge in [0.2, 0.25) is 0 Å². The SMILES string of the molecule is CC/C=C\C/C=C\C/C=C\CCCCCCCC(=O)OC(COC(=O)CCCCCCCCCCCCCCCCCCCCC)COP(=O)(O)OCC. The molecule has 0 aromatic heterocycles. The van der Waals surface area contributed by atoms with E-state index in [-0.39, 0.29) is 25.6 Å². The first-order valence-corrected chi connectivity index (χ1v) is 23.8. The lowest BCUT2D eigenvalue weighted by atomic mass is 10.0. The summed E-state index contributed by atoms with van der Waals surface area (Å²) in [7, 11) is -4.28. The van der Waals surface area contributed by atoms with Crippen molar-refractivity contribution in [2.24, 2.45) is 0 Å². The van der Waals surface area contributed by atoms with Crippen molar-refractivity contribution in [1.82, 2.24) is 0 Å². The minimum Gasteiger partial charge on any atom is -0.462 e. The molecule has 0 saturated carbocycles. The lowest BCUT2D eigenvalue weighted by Crippen LogP contribution is -2.29. The molecule has 0 saturated heterocycles. The number of rotatable bonds is 41. The average Bonchev–Trinajstić information content (AvgIpc) is 3.15. The number of phosphoric acid groups is 1. The van der Waals surface area contributed by atoms with Crippen LogP contribution >= 0.6 is 7.82 Å². The Bertz CT molecular complexity index is 979. The van der Waals surface area contributed by atoms with Crippen LogP contribution < -0.4 is 0 Å². The molecule has 0 radical (unpaired) electrons. The van der Waals surface area contributed by atoms with E-state index in [0.29, 0.717) is 12.8 Å². The van der Waals surface area contributed by atoms with Gasteiger partial charge in [0.05, 0.1) is 13.2 Å². The zero-order valence-electron chi connectivity index (χ0n) is 35.1. The standard InChI is InChI=1S/C45H83O8P/c1-4-7-9-11-13-15-17-19-21-22-23-24-26-27-29-31-33-35-37-39-44(46)50-41-43(42-52-54(48,49)51-6-3)53-45(47)40-38-36-34-32-30-28-25-20-18-16-14-12-10-8-5-2/h8,10,14,16,20,25,43H,4-7,9,11-13,15,17-19,21-24,26-42H2,1-3H3,(H,48,49)/b10-8-,16-14-,25-20-. The van der Waals surface area contributed by atoms with Gasteiger partial charge >= 0.3 is 19.8 Å². The second kappa shape index (κ2) is 40.9. The van der Waals surface area contributed by atoms with Gasteiger partial charge < -0.3 is 14.4 Å². The molecule has 0 aliphatic rings. The van der Waals surface area contributed by atoms with E-state index in [1.54, 1.807) is 6.92 Å². The Morgan fingerprint density at radius 2 is 0.944 bits per heavy atom. The summed E-state index contributed by atoms with van der Waals surface area (Å²) in [5.74, 6) is -0.810. The van der Waals surface area contributed by atoms with Crippen LogP contribution in [-0.2, 0) is 32.7 Å². The molecule has 0 aromatic rings. The predicted molar refractivity (Wildman–Crippen MR) is 226 cm³/mol. The van der Waals surface area contributed by atoms with E-state index < -0.39 is 26.5 Å². The van der Waals surface area contributed by atoms with E-state index in [9.17, 15) is 19.0 Å². The third-order valence-corrected chi connectivity index (χ3v) is 10.5. The molecule has 0 rings (SSSR count). The number of allylic oxidation sites excluding steroid dienone is 6. The highest BCUT2D eigenvalue weighted by Gasteiger charge is 2.25. The number of hydrogen-bond acceptors (Lipinski definition) is 7. The highest BCUT2D eigenvalue weighted by atomic mass is 31.2. The number of phosphoric ester groups is 1. The molecule has 2 atom stereocenters. The Morgan fingerprint density at radius 1 is 0.519 bits per heavy atom. The van der Waals surface area contributed by atoms with Crippen molar-refractivity contribution in [3.63, 3.8) is 0 Å². The van der Waals surface area contributed by atoms with Gasteiger partial charge in [-0.3, -0.25) is 18.6 Å². The zero-order chi connectivity index (χ0) is 39.6. The van der Waals surface area contributed by atoms with Crippen molar-refractivity contribution in [1.29, 1.82) is 0 Å². The summed E-state index contributed by atoms with van der Waals surface area (Å²) < 4.78 is 32.6. The van der Waals surface area contributed by atoms with E-state index in [0.717, 1.165) is 70.6 Å². The molecule has 0 bridgehead atoms. The quantitative estimate of drug-likeness (QED) is 0.0283. The van der Waals surface area contributed by atoms with E-state index >= 15 is 0 Å². The van der Waals surface area contributed by atoms with Crippen molar-refractivity contribution in [3.05, 3.63) is 36.5 Å². The van der Waals surface area contributed by atoms with Crippen molar-refractivity contribution < 1.29 is 37.6 Å². The largest absolute Gasteiger partial charge is 0.472 e. The number of unbranched alkanes of at least 4 members (excludes halogenated alkanes) is 23. The van der Waals surface area contributed by atoms with Gasteiger partial charge in [-0.1, -0.05) is 185 Å². The van der Waals surface area contributed by atoms with Crippen LogP contribution in [0.5, 0.6) is 0 Å². The highest BCUT2D eigenvalue weighted by molar-refractivity contribution is 7.47. The third kappa shape index (κ3) is 39.9. The molecule has 54 heavy (non-hydrogen) atoms. The average molecular weight is 783 g/mol. The number of ether oxygens (including phenoxy) is 2. The van der Waals surface area contributed by atoms with Gasteiger partial charge in [0.1, 0.15) is 6.61 Å². The van der Waals surface area contributed by atoms with Gasteiger partial charge in [-0.05, 0) is 51.9 Å². The van der Waals surface area contributed by atoms with Crippen LogP contribution in [0.1, 0.15) is 213 Å². The van der Waals surface area contributed by atoms with Crippen molar-refractivity contribution in [2.45, 2.75) is 219 Å². The fourth-order valence-electron chi connectivity index (χ4n) is 6.23. The van der Waals surface area contributed by atoms with Crippen LogP contribution in [0.25, 0.3) is 0 Å². The molecule has 316 valence electrons. The molecule has 2 unspecified atom stereocenters. The second-order valence-corrected chi connectivity index (χ2v) is 16.1. The van der Waals surface area contributed by atoms with Gasteiger partial charge in [-0.2, -0.15) is 0 Å². The minimum absolute atomic E-state index is 0.00249. The molecular weight excluding hydrogens is 699 g/mol. The summed E-state index contributed by atoms with van der Waals surface area (Å²) >= 11 is 0. The molecule has 8 nitrogen and oxygen atoms in total. The second-order valence-electron chi connectivity index (χ2n) is 14.7. The summed E-state index contributed by atoms with van der Waals surface area (Å²) in [6.07, 6.45) is 46.3. The van der Waals surface area contributed by atoms with Crippen LogP contribution in [-0.4, -0.2) is 42.8 Å². The fraction of sp³-hybridized carbons (Fsp3) is 0.822. The monoisotopic (exact) mass is 783 g/mol. The maximum absolute atomic E-state index is 12.5. The first kappa shape index (κ1) is 52.3. The van der Waals surface area contributed by atoms with Crippen LogP contribution in [0.4, 0.5) is 0 Å². The third-order valence-electron chi connectivity index (χ3n) is 9.46. The molecule has 0 aliphatic carbocycles. The number of carbonyl (C=O) groups is 2. The topological polar surface area (TPSA) is 108 Å². The van der Waals surface area contributed by atoms with Gasteiger partial charge in [-0.25, -0.2) is 4.57 Å². The van der Waals surface area contributed by atoms with Crippen LogP contribution in [0.15, 0.2) is 36.5 Å². The normalized spacial score (nSPS) is 13.6. The summed E-state index contributed by atoms with van der Waals surface area (Å²) in [6, 6.07) is 0. The lowest BCUT2D eigenvalue weighted by molar-refractivity contribution is -0.161. The summed E-state index contributed by atoms with van der Waals surface area (Å²) in [6.45, 7) is 5.37. The van der Waals surface area contributed by atoms with Crippen LogP contribution in [0.2, 0.25) is 0 Å². The van der Waals surface area contributed by atoms with E-state index in [1.807, 2.05) is 0 Å². The van der Waals surface area contributed by atoms with Crippen LogP contribution in [0, 0.1) is 0 Å². The molecule has 0 fully saturated rings. The van der Waals surface area contributed by atoms with E-state index in [2.05, 4.69) is 50.3 Å². The predicted octanol–water partition coefficient (Wildman–Crippen LogP) is 14.0. The Morgan fingerprint density at radius 3 is 1.43 bits per heavy atom. The summed E-state index contributed by atoms with van der Waals surface area (Å²) in [5.41, 5.74) is 0. The van der Waals surface area contributed by atoms with E-state index in [1.165, 1.54) is 103 Å². The number of esters is 2.